The maximum Gasteiger partial charge on any atom is 0.328 e. The largest absolute Gasteiger partial charge is 0.478 e. The van der Waals surface area contributed by atoms with Crippen LogP contribution in [-0.2, 0) is 9.59 Å². The van der Waals surface area contributed by atoms with Gasteiger partial charge in [0.1, 0.15) is 0 Å². The molecule has 0 fully saturated rings. The van der Waals surface area contributed by atoms with Crippen molar-refractivity contribution in [3.63, 3.8) is 0 Å². The zero-order valence-electron chi connectivity index (χ0n) is 9.79. The molecule has 96 valence electrons. The second-order valence-electron chi connectivity index (χ2n) is 3.47. The van der Waals surface area contributed by atoms with Gasteiger partial charge >= 0.3 is 5.97 Å². The second-order valence-corrected chi connectivity index (χ2v) is 4.23. The predicted octanol–water partition coefficient (Wildman–Crippen LogP) is 1.23. The molecule has 0 saturated heterocycles. The Morgan fingerprint density at radius 1 is 1.35 bits per heavy atom. The third-order valence-corrected chi connectivity index (χ3v) is 2.21. The number of carboxylic acids is 1. The molecule has 0 heterocycles. The Kier molecular flexibility index (Phi) is 8.60. The van der Waals surface area contributed by atoms with E-state index >= 15 is 0 Å². The lowest BCUT2D eigenvalue weighted by Crippen LogP contribution is -2.15. The molecule has 0 aromatic carbocycles. The lowest BCUT2D eigenvalue weighted by molar-refractivity contribution is -0.131. The average molecular weight is 353 g/mol. The van der Waals surface area contributed by atoms with Gasteiger partial charge in [0.15, 0.2) is 0 Å². The van der Waals surface area contributed by atoms with Gasteiger partial charge in [-0.3, -0.25) is 8.32 Å². The fraction of sp³-hybridized carbons (Fsp3) is 0.500. The smallest absolute Gasteiger partial charge is 0.328 e. The van der Waals surface area contributed by atoms with E-state index in [0.29, 0.717) is 19.4 Å². The third-order valence-electron chi connectivity index (χ3n) is 1.83. The molecule has 0 spiro atoms. The molecule has 7 heteroatoms. The summed E-state index contributed by atoms with van der Waals surface area (Å²) < 4.78 is 2.88. The molecule has 17 heavy (non-hydrogen) atoms. The van der Waals surface area contributed by atoms with E-state index in [4.69, 9.17) is 5.11 Å². The Hall–Kier alpha value is -0.960. The fourth-order valence-corrected chi connectivity index (χ4v) is 1.53. The molecule has 0 atom stereocenters. The van der Waals surface area contributed by atoms with Gasteiger partial charge in [0, 0.05) is 48.1 Å². The summed E-state index contributed by atoms with van der Waals surface area (Å²) in [6.45, 7) is 3.68. The van der Waals surface area contributed by atoms with Crippen molar-refractivity contribution in [1.29, 1.82) is 0 Å². The van der Waals surface area contributed by atoms with Crippen LogP contribution < -0.4 is 8.96 Å². The van der Waals surface area contributed by atoms with Gasteiger partial charge < -0.3 is 5.11 Å². The summed E-state index contributed by atoms with van der Waals surface area (Å²) in [5.41, 5.74) is 3.87. The molecule has 6 nitrogen and oxygen atoms in total. The van der Waals surface area contributed by atoms with Gasteiger partial charge in [-0.15, -0.1) is 0 Å². The third kappa shape index (κ3) is 9.94. The zero-order valence-corrected chi connectivity index (χ0v) is 11.9. The number of rotatable bonds is 7. The van der Waals surface area contributed by atoms with Gasteiger partial charge in [-0.25, -0.2) is 10.2 Å². The van der Waals surface area contributed by atoms with Gasteiger partial charge in [-0.1, -0.05) is 0 Å². The number of hydrogen-bond acceptors (Lipinski definition) is 4. The van der Waals surface area contributed by atoms with E-state index in [0.717, 1.165) is 11.3 Å². The molecular formula is C10H16IN3O3. The summed E-state index contributed by atoms with van der Waals surface area (Å²) in [7, 11) is 0. The maximum absolute atomic E-state index is 10.6. The van der Waals surface area contributed by atoms with Crippen molar-refractivity contribution in [2.45, 2.75) is 26.7 Å². The molecule has 0 aliphatic carbocycles. The highest BCUT2D eigenvalue weighted by Gasteiger charge is 2.02. The molecule has 0 aliphatic rings. The summed E-state index contributed by atoms with van der Waals surface area (Å²) in [6.07, 6.45) is 2.40. The second kappa shape index (κ2) is 9.11. The van der Waals surface area contributed by atoms with Crippen LogP contribution in [0.1, 0.15) is 26.7 Å². The highest BCUT2D eigenvalue weighted by molar-refractivity contribution is 14.1. The molecule has 0 aliphatic heterocycles. The zero-order chi connectivity index (χ0) is 13.3. The van der Waals surface area contributed by atoms with Crippen molar-refractivity contribution in [2.75, 3.05) is 6.54 Å². The molecule has 0 bridgehead atoms. The van der Waals surface area contributed by atoms with E-state index in [1.807, 2.05) is 22.9 Å². The number of nitrogens with zero attached hydrogens (tertiary/aromatic N) is 1. The van der Waals surface area contributed by atoms with Crippen LogP contribution in [0.25, 0.3) is 0 Å². The van der Waals surface area contributed by atoms with Crippen molar-refractivity contribution < 1.29 is 14.7 Å². The number of halogens is 1. The van der Waals surface area contributed by atoms with Crippen molar-refractivity contribution in [3.8, 4) is 0 Å². The first-order valence-electron chi connectivity index (χ1n) is 5.01. The van der Waals surface area contributed by atoms with Crippen LogP contribution in [0, 0.1) is 0 Å². The molecule has 0 rings (SSSR count). The summed E-state index contributed by atoms with van der Waals surface area (Å²) >= 11 is 1.96. The van der Waals surface area contributed by atoms with Crippen LogP contribution in [0.4, 0.5) is 0 Å². The van der Waals surface area contributed by atoms with Crippen molar-refractivity contribution >= 4 is 40.5 Å². The topological polar surface area (TPSA) is 90.8 Å². The maximum atomic E-state index is 10.6. The number of hydrazone groups is 1. The number of amides is 1. The van der Waals surface area contributed by atoms with Gasteiger partial charge in [0.05, 0.1) is 0 Å². The van der Waals surface area contributed by atoms with Crippen molar-refractivity contribution in [3.05, 3.63) is 11.6 Å². The lowest BCUT2D eigenvalue weighted by atomic mass is 10.1. The molecule has 0 aromatic heterocycles. The Morgan fingerprint density at radius 2 is 2.00 bits per heavy atom. The van der Waals surface area contributed by atoms with E-state index < -0.39 is 5.97 Å². The predicted molar refractivity (Wildman–Crippen MR) is 73.9 cm³/mol. The molecule has 0 aromatic rings. The summed E-state index contributed by atoms with van der Waals surface area (Å²) in [6, 6.07) is 0. The van der Waals surface area contributed by atoms with Crippen molar-refractivity contribution in [1.82, 2.24) is 8.96 Å². The average Bonchev–Trinajstić information content (AvgIpc) is 2.22. The van der Waals surface area contributed by atoms with E-state index in [1.54, 1.807) is 6.92 Å². The minimum atomic E-state index is -0.955. The van der Waals surface area contributed by atoms with Crippen LogP contribution in [-0.4, -0.2) is 29.2 Å². The number of carbonyl (C=O) groups is 2. The number of nitrogens with one attached hydrogen (secondary N) is 2. The number of aliphatic carboxylic acids is 1. The quantitative estimate of drug-likeness (QED) is 0.211. The first-order chi connectivity index (χ1) is 7.95. The molecule has 1 amide bonds. The van der Waals surface area contributed by atoms with Crippen LogP contribution in [0.15, 0.2) is 16.8 Å². The number of carboxylic acid groups (broad SMARTS) is 1. The number of hydrogen-bond donors (Lipinski definition) is 3. The Bertz CT molecular complexity index is 340. The van der Waals surface area contributed by atoms with Crippen LogP contribution in [0.5, 0.6) is 0 Å². The first kappa shape index (κ1) is 16.0. The Labute approximate surface area is 114 Å². The van der Waals surface area contributed by atoms with Crippen LogP contribution >= 0.6 is 22.9 Å². The van der Waals surface area contributed by atoms with Crippen molar-refractivity contribution in [2.24, 2.45) is 5.10 Å². The molecule has 0 unspecified atom stereocenters. The number of carbonyl (C=O) groups excluding carboxylic acids is 1. The van der Waals surface area contributed by atoms with E-state index in [-0.39, 0.29) is 5.91 Å². The minimum Gasteiger partial charge on any atom is -0.478 e. The van der Waals surface area contributed by atoms with Gasteiger partial charge in [-0.05, 0) is 25.3 Å². The SMILES string of the molecule is CC(=O)NN=C(C)CCC(=CC(=O)O)CNI. The fourth-order valence-electron chi connectivity index (χ4n) is 1.04. The van der Waals surface area contributed by atoms with Gasteiger partial charge in [-0.2, -0.15) is 5.10 Å². The summed E-state index contributed by atoms with van der Waals surface area (Å²) in [4.78, 5) is 21.2. The molecule has 0 saturated carbocycles. The highest BCUT2D eigenvalue weighted by Crippen LogP contribution is 2.06. The van der Waals surface area contributed by atoms with Crippen LogP contribution in [0.2, 0.25) is 0 Å². The first-order valence-corrected chi connectivity index (χ1v) is 6.09. The lowest BCUT2D eigenvalue weighted by Gasteiger charge is -2.05. The Morgan fingerprint density at radius 3 is 2.47 bits per heavy atom. The normalized spacial score (nSPS) is 12.4. The summed E-state index contributed by atoms with van der Waals surface area (Å²) in [5, 5.41) is 12.5. The molecule has 0 radical (unpaired) electrons. The van der Waals surface area contributed by atoms with Gasteiger partial charge in [0.2, 0.25) is 5.91 Å². The van der Waals surface area contributed by atoms with Crippen LogP contribution in [0.3, 0.4) is 0 Å². The van der Waals surface area contributed by atoms with E-state index in [1.165, 1.54) is 13.0 Å². The molecular weight excluding hydrogens is 337 g/mol. The minimum absolute atomic E-state index is 0.223. The van der Waals surface area contributed by atoms with E-state index in [2.05, 4.69) is 14.1 Å². The Balaban J connectivity index is 4.25. The monoisotopic (exact) mass is 353 g/mol. The highest BCUT2D eigenvalue weighted by atomic mass is 127. The summed E-state index contributed by atoms with van der Waals surface area (Å²) in [5.74, 6) is -1.18. The van der Waals surface area contributed by atoms with E-state index in [9.17, 15) is 9.59 Å². The standard InChI is InChI=1S/C10H16IN3O3/c1-7(13-14-8(2)15)3-4-9(6-12-11)5-10(16)17/h5,12H,3-4,6H2,1-2H3,(H,14,15)(H,16,17). The van der Waals surface area contributed by atoms with Gasteiger partial charge in [0.25, 0.3) is 0 Å². The molecule has 3 N–H and O–H groups in total.